The van der Waals surface area contributed by atoms with E-state index in [9.17, 15) is 14.9 Å². The molecule has 2 aromatic carbocycles. The van der Waals surface area contributed by atoms with Gasteiger partial charge in [0, 0.05) is 30.4 Å². The van der Waals surface area contributed by atoms with Crippen molar-refractivity contribution < 1.29 is 19.2 Å². The van der Waals surface area contributed by atoms with Crippen molar-refractivity contribution in [3.63, 3.8) is 0 Å². The van der Waals surface area contributed by atoms with E-state index in [0.717, 1.165) is 5.56 Å². The molecule has 1 aliphatic rings. The van der Waals surface area contributed by atoms with Gasteiger partial charge in [-0.2, -0.15) is 0 Å². The Morgan fingerprint density at radius 3 is 2.67 bits per heavy atom. The van der Waals surface area contributed by atoms with Crippen LogP contribution in [-0.4, -0.2) is 50.1 Å². The first-order chi connectivity index (χ1) is 13.1. The van der Waals surface area contributed by atoms with E-state index in [1.54, 1.807) is 13.2 Å². The van der Waals surface area contributed by atoms with Gasteiger partial charge in [-0.3, -0.25) is 24.8 Å². The van der Waals surface area contributed by atoms with Crippen LogP contribution in [0.25, 0.3) is 0 Å². The maximum absolute atomic E-state index is 12.6. The number of benzodiazepines with no additional fused rings is 1. The number of hydrogen-bond acceptors (Lipinski definition) is 6. The van der Waals surface area contributed by atoms with Crippen molar-refractivity contribution in [3.8, 4) is 0 Å². The van der Waals surface area contributed by atoms with Crippen LogP contribution >= 0.6 is 0 Å². The highest BCUT2D eigenvalue weighted by Gasteiger charge is 2.27. The predicted octanol–water partition coefficient (Wildman–Crippen LogP) is 2.40. The van der Waals surface area contributed by atoms with Crippen molar-refractivity contribution in [2.24, 2.45) is 4.99 Å². The van der Waals surface area contributed by atoms with Crippen LogP contribution in [0.2, 0.25) is 0 Å². The number of benzene rings is 2. The lowest BCUT2D eigenvalue weighted by molar-refractivity contribution is -0.384. The highest BCUT2D eigenvalue weighted by atomic mass is 16.6. The van der Waals surface area contributed by atoms with E-state index in [1.165, 1.54) is 17.0 Å². The van der Waals surface area contributed by atoms with Gasteiger partial charge < -0.3 is 9.47 Å². The number of carbonyl (C=O) groups is 1. The average Bonchev–Trinajstić information content (AvgIpc) is 2.82. The SMILES string of the molecule is COCCOCN1C(=O)CN=C(c2ccccc2)c2cc([N+](=O)[O-])ccc21. The van der Waals surface area contributed by atoms with E-state index in [0.29, 0.717) is 30.2 Å². The summed E-state index contributed by atoms with van der Waals surface area (Å²) in [6, 6.07) is 13.7. The first-order valence-corrected chi connectivity index (χ1v) is 8.37. The van der Waals surface area contributed by atoms with Crippen molar-refractivity contribution in [1.82, 2.24) is 0 Å². The molecule has 1 amide bonds. The van der Waals surface area contributed by atoms with Gasteiger partial charge in [-0.1, -0.05) is 30.3 Å². The molecular formula is C19H19N3O5. The van der Waals surface area contributed by atoms with Gasteiger partial charge in [0.25, 0.3) is 11.6 Å². The summed E-state index contributed by atoms with van der Waals surface area (Å²) in [5, 5.41) is 11.3. The molecule has 0 saturated carbocycles. The molecule has 140 valence electrons. The second-order valence-electron chi connectivity index (χ2n) is 5.84. The molecule has 0 unspecified atom stereocenters. The lowest BCUT2D eigenvalue weighted by Gasteiger charge is -2.22. The third-order valence-corrected chi connectivity index (χ3v) is 4.11. The summed E-state index contributed by atoms with van der Waals surface area (Å²) < 4.78 is 10.5. The zero-order chi connectivity index (χ0) is 19.2. The van der Waals surface area contributed by atoms with Crippen LogP contribution in [0, 0.1) is 10.1 Å². The fourth-order valence-corrected chi connectivity index (χ4v) is 2.80. The Hall–Kier alpha value is -3.10. The van der Waals surface area contributed by atoms with E-state index in [1.807, 2.05) is 30.3 Å². The van der Waals surface area contributed by atoms with Crippen molar-refractivity contribution in [1.29, 1.82) is 0 Å². The third-order valence-electron chi connectivity index (χ3n) is 4.11. The molecule has 0 N–H and O–H groups in total. The number of aliphatic imine (C=N–C) groups is 1. The Balaban J connectivity index is 2.04. The summed E-state index contributed by atoms with van der Waals surface area (Å²) in [4.78, 5) is 29.3. The summed E-state index contributed by atoms with van der Waals surface area (Å²) in [5.74, 6) is -0.242. The number of carbonyl (C=O) groups excluding carboxylic acids is 1. The van der Waals surface area contributed by atoms with Gasteiger partial charge in [-0.15, -0.1) is 0 Å². The molecule has 3 rings (SSSR count). The summed E-state index contributed by atoms with van der Waals surface area (Å²) in [5.41, 5.74) is 2.32. The number of non-ortho nitro benzene ring substituents is 1. The van der Waals surface area contributed by atoms with Crippen molar-refractivity contribution in [2.75, 3.05) is 38.5 Å². The largest absolute Gasteiger partial charge is 0.382 e. The monoisotopic (exact) mass is 369 g/mol. The molecule has 0 saturated heterocycles. The zero-order valence-electron chi connectivity index (χ0n) is 14.8. The average molecular weight is 369 g/mol. The number of anilines is 1. The van der Waals surface area contributed by atoms with E-state index in [4.69, 9.17) is 9.47 Å². The van der Waals surface area contributed by atoms with E-state index >= 15 is 0 Å². The summed E-state index contributed by atoms with van der Waals surface area (Å²) >= 11 is 0. The number of methoxy groups -OCH3 is 1. The molecule has 0 atom stereocenters. The number of ether oxygens (including phenoxy) is 2. The molecule has 0 radical (unpaired) electrons. The first-order valence-electron chi connectivity index (χ1n) is 8.37. The maximum Gasteiger partial charge on any atom is 0.270 e. The second-order valence-corrected chi connectivity index (χ2v) is 5.84. The molecule has 1 aliphatic heterocycles. The quantitative estimate of drug-likeness (QED) is 0.424. The standard InChI is InChI=1S/C19H19N3O5/c1-26-9-10-27-13-21-17-8-7-15(22(24)25)11-16(17)19(20-12-18(21)23)14-5-3-2-4-6-14/h2-8,11H,9-10,12-13H2,1H3. The second kappa shape index (κ2) is 8.52. The molecule has 1 heterocycles. The fraction of sp³-hybridized carbons (Fsp3) is 0.263. The van der Waals surface area contributed by atoms with Crippen LogP contribution in [-0.2, 0) is 14.3 Å². The highest BCUT2D eigenvalue weighted by molar-refractivity contribution is 6.19. The smallest absolute Gasteiger partial charge is 0.270 e. The Morgan fingerprint density at radius 2 is 1.96 bits per heavy atom. The Bertz CT molecular complexity index is 867. The maximum atomic E-state index is 12.6. The highest BCUT2D eigenvalue weighted by Crippen LogP contribution is 2.30. The summed E-state index contributed by atoms with van der Waals surface area (Å²) in [7, 11) is 1.56. The Morgan fingerprint density at radius 1 is 1.19 bits per heavy atom. The van der Waals surface area contributed by atoms with E-state index in [2.05, 4.69) is 4.99 Å². The number of rotatable bonds is 7. The molecule has 0 spiro atoms. The number of amides is 1. The third kappa shape index (κ3) is 4.18. The summed E-state index contributed by atoms with van der Waals surface area (Å²) in [6.07, 6.45) is 0. The van der Waals surface area contributed by atoms with Gasteiger partial charge >= 0.3 is 0 Å². The fourth-order valence-electron chi connectivity index (χ4n) is 2.80. The molecule has 0 bridgehead atoms. The minimum atomic E-state index is -0.463. The predicted molar refractivity (Wildman–Crippen MR) is 100 cm³/mol. The van der Waals surface area contributed by atoms with Crippen LogP contribution in [0.4, 0.5) is 11.4 Å². The summed E-state index contributed by atoms with van der Waals surface area (Å²) in [6.45, 7) is 0.681. The molecule has 27 heavy (non-hydrogen) atoms. The molecular weight excluding hydrogens is 350 g/mol. The van der Waals surface area contributed by atoms with E-state index < -0.39 is 4.92 Å². The number of nitro benzene ring substituents is 1. The number of hydrogen-bond donors (Lipinski definition) is 0. The van der Waals surface area contributed by atoms with Gasteiger partial charge in [0.1, 0.15) is 13.3 Å². The van der Waals surface area contributed by atoms with Crippen LogP contribution in [0.15, 0.2) is 53.5 Å². The van der Waals surface area contributed by atoms with Crippen LogP contribution in [0.5, 0.6) is 0 Å². The minimum Gasteiger partial charge on any atom is -0.382 e. The topological polar surface area (TPSA) is 94.3 Å². The lowest BCUT2D eigenvalue weighted by atomic mass is 9.99. The van der Waals surface area contributed by atoms with Crippen LogP contribution < -0.4 is 4.90 Å². The Kier molecular flexibility index (Phi) is 5.90. The Labute approximate surface area is 156 Å². The van der Waals surface area contributed by atoms with E-state index in [-0.39, 0.29) is 24.9 Å². The molecule has 8 heteroatoms. The van der Waals surface area contributed by atoms with Gasteiger partial charge in [0.05, 0.1) is 29.5 Å². The van der Waals surface area contributed by atoms with Gasteiger partial charge in [0.15, 0.2) is 0 Å². The first kappa shape index (κ1) is 18.7. The molecule has 0 aromatic heterocycles. The van der Waals surface area contributed by atoms with Crippen LogP contribution in [0.3, 0.4) is 0 Å². The molecule has 8 nitrogen and oxygen atoms in total. The number of fused-ring (bicyclic) bond motifs is 1. The molecule has 2 aromatic rings. The zero-order valence-corrected chi connectivity index (χ0v) is 14.8. The van der Waals surface area contributed by atoms with Crippen molar-refractivity contribution >= 4 is 23.0 Å². The normalized spacial score (nSPS) is 13.7. The van der Waals surface area contributed by atoms with Gasteiger partial charge in [-0.25, -0.2) is 0 Å². The van der Waals surface area contributed by atoms with Crippen molar-refractivity contribution in [3.05, 3.63) is 69.8 Å². The number of nitro groups is 1. The molecule has 0 fully saturated rings. The van der Waals surface area contributed by atoms with Crippen LogP contribution in [0.1, 0.15) is 11.1 Å². The molecule has 0 aliphatic carbocycles. The van der Waals surface area contributed by atoms with Gasteiger partial charge in [-0.05, 0) is 6.07 Å². The lowest BCUT2D eigenvalue weighted by Crippen LogP contribution is -2.35. The minimum absolute atomic E-state index is 0.0184. The van der Waals surface area contributed by atoms with Gasteiger partial charge in [0.2, 0.25) is 0 Å². The number of nitrogens with zero attached hydrogens (tertiary/aromatic N) is 3. The van der Waals surface area contributed by atoms with Crippen molar-refractivity contribution in [2.45, 2.75) is 0 Å².